The lowest BCUT2D eigenvalue weighted by atomic mass is 9.77. The van der Waals surface area contributed by atoms with Crippen molar-refractivity contribution < 1.29 is 57.3 Å². The summed E-state index contributed by atoms with van der Waals surface area (Å²) < 4.78 is 13.0. The standard InChI is InChI=1S/C49H47N7O6S3.HI/c1-4-26-50-55-27-24-39(25-28-55)63-30-34-31-64-46-42(45(58)56(46)43(34)47(59)62-29-33-20-22-38(60-2)23-21-33)52-44(57)41(54-61-3)40-32-65-48(51-40)53-49(35-14-8-5-9-15-35,36-16-10-6-11-17-36)37-18-12-7-13-19-37;/h5-25,27-28,32,42,46,50H,4,26,29-31H2,1-3H3,(H-,51,52,53,57);1H/b54-41-;/t42-,46-;/m1./s1. The second-order valence-electron chi connectivity index (χ2n) is 15.0. The lowest BCUT2D eigenvalue weighted by Gasteiger charge is -2.49. The lowest BCUT2D eigenvalue weighted by Crippen LogP contribution is -3.00. The van der Waals surface area contributed by atoms with Gasteiger partial charge in [0.1, 0.15) is 47.8 Å². The molecule has 0 spiro atoms. The number of esters is 1. The minimum absolute atomic E-state index is 0. The highest BCUT2D eigenvalue weighted by atomic mass is 127. The number of anilines is 1. The summed E-state index contributed by atoms with van der Waals surface area (Å²) in [6.07, 6.45) is 4.90. The van der Waals surface area contributed by atoms with Crippen molar-refractivity contribution in [2.45, 2.75) is 41.8 Å². The Morgan fingerprint density at radius 1 is 0.894 bits per heavy atom. The molecular weight excluding hydrogens is 1010 g/mol. The van der Waals surface area contributed by atoms with Gasteiger partial charge in [-0.1, -0.05) is 120 Å². The Morgan fingerprint density at radius 2 is 1.52 bits per heavy atom. The molecule has 0 bridgehead atoms. The summed E-state index contributed by atoms with van der Waals surface area (Å²) in [6.45, 7) is 2.95. The largest absolute Gasteiger partial charge is 1.00 e. The average molecular weight is 1050 g/mol. The van der Waals surface area contributed by atoms with Crippen LogP contribution in [0.2, 0.25) is 0 Å². The third-order valence-electron chi connectivity index (χ3n) is 10.9. The quantitative estimate of drug-likeness (QED) is 0.0156. The van der Waals surface area contributed by atoms with Crippen molar-refractivity contribution in [1.82, 2.24) is 15.2 Å². The zero-order valence-corrected chi connectivity index (χ0v) is 41.0. The van der Waals surface area contributed by atoms with Crippen LogP contribution in [0.3, 0.4) is 0 Å². The number of β-lactam (4-membered cyclic amide) rings is 1. The predicted molar refractivity (Wildman–Crippen MR) is 255 cm³/mol. The summed E-state index contributed by atoms with van der Waals surface area (Å²) in [5.74, 6) is -0.124. The third-order valence-corrected chi connectivity index (χ3v) is 14.1. The molecule has 0 saturated carbocycles. The van der Waals surface area contributed by atoms with Crippen molar-refractivity contribution in [3.63, 3.8) is 0 Å². The number of benzene rings is 4. The van der Waals surface area contributed by atoms with Gasteiger partial charge in [-0.15, -0.1) is 34.9 Å². The monoisotopic (exact) mass is 1050 g/mol. The number of hydrogen-bond donors (Lipinski definition) is 3. The number of oxime groups is 1. The zero-order chi connectivity index (χ0) is 45.2. The van der Waals surface area contributed by atoms with E-state index >= 15 is 0 Å². The maximum atomic E-state index is 14.2. The van der Waals surface area contributed by atoms with E-state index in [4.69, 9.17) is 19.3 Å². The van der Waals surface area contributed by atoms with E-state index in [0.29, 0.717) is 22.4 Å². The number of rotatable bonds is 19. The maximum absolute atomic E-state index is 14.2. The van der Waals surface area contributed by atoms with Gasteiger partial charge in [0.2, 0.25) is 12.4 Å². The molecule has 4 heterocycles. The number of fused-ring (bicyclic) bond motifs is 1. The summed E-state index contributed by atoms with van der Waals surface area (Å²) >= 11 is 4.36. The molecule has 1 saturated heterocycles. The third kappa shape index (κ3) is 10.5. The Morgan fingerprint density at radius 3 is 2.09 bits per heavy atom. The smallest absolute Gasteiger partial charge is 0.355 e. The first-order valence-electron chi connectivity index (χ1n) is 21.0. The van der Waals surface area contributed by atoms with Gasteiger partial charge in [0.25, 0.3) is 11.8 Å². The fourth-order valence-electron chi connectivity index (χ4n) is 7.63. The second kappa shape index (κ2) is 22.5. The number of halogens is 1. The molecule has 2 atom stereocenters. The van der Waals surface area contributed by atoms with Gasteiger partial charge in [-0.05, 0) is 46.4 Å². The topological polar surface area (TPSA) is 147 Å². The fraction of sp³-hybridized carbons (Fsp3) is 0.224. The number of methoxy groups -OCH3 is 1. The number of thiazole rings is 1. The number of hydrogen-bond acceptors (Lipinski definition) is 13. The SMILES string of the molecule is CCCN[n+]1ccc(SCC2=C(C(=O)OCc3ccc(OC)cc3)N3C(=O)[C@@H](NC(=O)/C(=N\OC)c4csc(NC(c5ccccc5)(c5ccccc5)c5ccccc5)n4)[C@H]3SC2)cc1.[I-]. The van der Waals surface area contributed by atoms with Gasteiger partial charge in [0.15, 0.2) is 10.8 Å². The van der Waals surface area contributed by atoms with Crippen molar-refractivity contribution in [3.05, 3.63) is 184 Å². The molecule has 8 rings (SSSR count). The minimum atomic E-state index is -0.952. The summed E-state index contributed by atoms with van der Waals surface area (Å²) in [6, 6.07) is 40.7. The predicted octanol–water partition coefficient (Wildman–Crippen LogP) is 4.34. The molecule has 4 aromatic carbocycles. The van der Waals surface area contributed by atoms with E-state index in [1.54, 1.807) is 36.4 Å². The van der Waals surface area contributed by atoms with Crippen LogP contribution in [0.4, 0.5) is 5.13 Å². The van der Waals surface area contributed by atoms with Crippen molar-refractivity contribution in [1.29, 1.82) is 0 Å². The Balaban J connectivity index is 0.00000648. The van der Waals surface area contributed by atoms with E-state index in [-0.39, 0.29) is 47.7 Å². The highest BCUT2D eigenvalue weighted by Gasteiger charge is 2.55. The van der Waals surface area contributed by atoms with Gasteiger partial charge >= 0.3 is 5.97 Å². The summed E-state index contributed by atoms with van der Waals surface area (Å²) in [5, 5.41) is 12.4. The number of aromatic nitrogens is 2. The zero-order valence-electron chi connectivity index (χ0n) is 36.4. The van der Waals surface area contributed by atoms with Gasteiger partial charge in [-0.25, -0.2) is 9.78 Å². The molecule has 3 N–H and O–H groups in total. The molecule has 2 aliphatic rings. The van der Waals surface area contributed by atoms with Gasteiger partial charge < -0.3 is 48.9 Å². The van der Waals surface area contributed by atoms with Crippen LogP contribution >= 0.6 is 34.9 Å². The van der Waals surface area contributed by atoms with Crippen LogP contribution < -0.4 is 49.4 Å². The summed E-state index contributed by atoms with van der Waals surface area (Å²) in [4.78, 5) is 54.8. The number of nitrogens with one attached hydrogen (secondary N) is 3. The highest BCUT2D eigenvalue weighted by Crippen LogP contribution is 2.43. The number of thioether (sulfide) groups is 2. The van der Waals surface area contributed by atoms with Crippen molar-refractivity contribution in [2.75, 3.05) is 43.0 Å². The molecule has 340 valence electrons. The molecule has 13 nitrogen and oxygen atoms in total. The molecule has 0 radical (unpaired) electrons. The van der Waals surface area contributed by atoms with E-state index in [0.717, 1.165) is 45.7 Å². The Bertz CT molecular complexity index is 2560. The van der Waals surface area contributed by atoms with Crippen LogP contribution in [0, 0.1) is 0 Å². The number of ether oxygens (including phenoxy) is 2. The first-order chi connectivity index (χ1) is 31.8. The maximum Gasteiger partial charge on any atom is 0.355 e. The van der Waals surface area contributed by atoms with Crippen LogP contribution in [0.1, 0.15) is 41.3 Å². The Labute approximate surface area is 413 Å². The van der Waals surface area contributed by atoms with Crippen LogP contribution in [0.15, 0.2) is 166 Å². The van der Waals surface area contributed by atoms with Gasteiger partial charge in [-0.3, -0.25) is 14.5 Å². The number of carbonyl (C=O) groups excluding carboxylic acids is 3. The highest BCUT2D eigenvalue weighted by molar-refractivity contribution is 8.01. The number of pyridine rings is 1. The average Bonchev–Trinajstić information content (AvgIpc) is 3.83. The molecule has 2 amide bonds. The normalized spacial score (nSPS) is 15.7. The fourth-order valence-corrected chi connectivity index (χ4v) is 10.8. The molecule has 6 aromatic rings. The Hall–Kier alpha value is -5.89. The van der Waals surface area contributed by atoms with Crippen LogP contribution in [0.25, 0.3) is 0 Å². The lowest BCUT2D eigenvalue weighted by molar-refractivity contribution is -0.650. The molecule has 0 unspecified atom stereocenters. The first kappa shape index (κ1) is 48.1. The van der Waals surface area contributed by atoms with Crippen LogP contribution in [-0.4, -0.2) is 77.1 Å². The van der Waals surface area contributed by atoms with E-state index < -0.39 is 34.7 Å². The van der Waals surface area contributed by atoms with E-state index in [2.05, 4.69) is 64.5 Å². The van der Waals surface area contributed by atoms with Gasteiger partial charge in [-0.2, -0.15) is 5.43 Å². The summed E-state index contributed by atoms with van der Waals surface area (Å²) in [5.41, 5.74) is 7.30. The first-order valence-corrected chi connectivity index (χ1v) is 23.9. The van der Waals surface area contributed by atoms with Gasteiger partial charge in [0, 0.05) is 33.9 Å². The molecule has 66 heavy (non-hydrogen) atoms. The Kier molecular flexibility index (Phi) is 16.4. The molecular formula is C49H48IN7O6S3. The van der Waals surface area contributed by atoms with Crippen LogP contribution in [-0.2, 0) is 36.1 Å². The van der Waals surface area contributed by atoms with Crippen LogP contribution in [0.5, 0.6) is 5.75 Å². The summed E-state index contributed by atoms with van der Waals surface area (Å²) in [7, 11) is 2.94. The van der Waals surface area contributed by atoms with Gasteiger partial charge in [0.05, 0.1) is 13.7 Å². The number of amides is 2. The molecule has 0 aliphatic carbocycles. The van der Waals surface area contributed by atoms with Crippen molar-refractivity contribution in [3.8, 4) is 5.75 Å². The van der Waals surface area contributed by atoms with E-state index in [1.165, 1.54) is 35.1 Å². The van der Waals surface area contributed by atoms with Crippen molar-refractivity contribution >= 4 is 63.5 Å². The molecule has 2 aromatic heterocycles. The molecule has 2 aliphatic heterocycles. The van der Waals surface area contributed by atoms with E-state index in [1.807, 2.05) is 95.9 Å². The molecule has 17 heteroatoms. The molecule has 1 fully saturated rings. The number of carbonyl (C=O) groups is 3. The number of nitrogens with zero attached hydrogens (tertiary/aromatic N) is 4. The van der Waals surface area contributed by atoms with Crippen molar-refractivity contribution in [2.24, 2.45) is 5.16 Å². The minimum Gasteiger partial charge on any atom is -1.00 e. The van der Waals surface area contributed by atoms with E-state index in [9.17, 15) is 14.4 Å². The second-order valence-corrected chi connectivity index (χ2v) is 18.0.